The Kier molecular flexibility index (Phi) is 4.15. The molecule has 1 saturated heterocycles. The summed E-state index contributed by atoms with van der Waals surface area (Å²) in [7, 11) is 0. The van der Waals surface area contributed by atoms with Crippen LogP contribution >= 0.6 is 0 Å². The number of hydrogen-bond donors (Lipinski definition) is 2. The van der Waals surface area contributed by atoms with Crippen LogP contribution in [0.5, 0.6) is 5.75 Å². The Labute approximate surface area is 107 Å². The Morgan fingerprint density at radius 3 is 3.00 bits per heavy atom. The van der Waals surface area contributed by atoms with E-state index in [9.17, 15) is 4.79 Å². The van der Waals surface area contributed by atoms with Gasteiger partial charge in [-0.3, -0.25) is 9.78 Å². The predicted octanol–water partition coefficient (Wildman–Crippen LogP) is 0.888. The molecular formula is C13H19N3O2. The van der Waals surface area contributed by atoms with Gasteiger partial charge >= 0.3 is 0 Å². The van der Waals surface area contributed by atoms with Crippen LogP contribution in [0.4, 0.5) is 0 Å². The smallest absolute Gasteiger partial charge is 0.222 e. The zero-order chi connectivity index (χ0) is 13.0. The SMILES string of the molecule is CC(CN1CCCC1=O)NCc1ccc(O)cn1. The Morgan fingerprint density at radius 1 is 1.56 bits per heavy atom. The van der Waals surface area contributed by atoms with Crippen molar-refractivity contribution in [3.63, 3.8) is 0 Å². The number of pyridine rings is 1. The van der Waals surface area contributed by atoms with Crippen molar-refractivity contribution in [3.05, 3.63) is 24.0 Å². The van der Waals surface area contributed by atoms with E-state index in [4.69, 9.17) is 5.11 Å². The fourth-order valence-corrected chi connectivity index (χ4v) is 2.09. The average molecular weight is 249 g/mol. The van der Waals surface area contributed by atoms with Gasteiger partial charge < -0.3 is 15.3 Å². The van der Waals surface area contributed by atoms with Gasteiger partial charge in [-0.1, -0.05) is 0 Å². The van der Waals surface area contributed by atoms with Crippen LogP contribution in [0.3, 0.4) is 0 Å². The summed E-state index contributed by atoms with van der Waals surface area (Å²) in [5.74, 6) is 0.431. The number of amides is 1. The molecule has 2 N–H and O–H groups in total. The molecule has 2 rings (SSSR count). The van der Waals surface area contributed by atoms with E-state index in [2.05, 4.69) is 17.2 Å². The molecule has 1 aliphatic rings. The molecule has 0 aromatic carbocycles. The first-order valence-corrected chi connectivity index (χ1v) is 6.30. The highest BCUT2D eigenvalue weighted by Gasteiger charge is 2.21. The molecule has 1 unspecified atom stereocenters. The molecule has 5 nitrogen and oxygen atoms in total. The third-order valence-corrected chi connectivity index (χ3v) is 3.11. The molecule has 0 saturated carbocycles. The maximum atomic E-state index is 11.5. The molecule has 98 valence electrons. The first kappa shape index (κ1) is 12.8. The minimum absolute atomic E-state index is 0.175. The molecule has 1 aliphatic heterocycles. The molecule has 0 bridgehead atoms. The van der Waals surface area contributed by atoms with E-state index in [1.165, 1.54) is 6.20 Å². The predicted molar refractivity (Wildman–Crippen MR) is 68.0 cm³/mol. The van der Waals surface area contributed by atoms with Gasteiger partial charge in [0.2, 0.25) is 5.91 Å². The van der Waals surface area contributed by atoms with Crippen LogP contribution in [0.15, 0.2) is 18.3 Å². The molecule has 1 aromatic heterocycles. The summed E-state index contributed by atoms with van der Waals surface area (Å²) in [4.78, 5) is 17.5. The zero-order valence-electron chi connectivity index (χ0n) is 10.6. The van der Waals surface area contributed by atoms with E-state index >= 15 is 0 Å². The molecule has 1 aromatic rings. The summed E-state index contributed by atoms with van der Waals surface area (Å²) in [6, 6.07) is 3.65. The lowest BCUT2D eigenvalue weighted by molar-refractivity contribution is -0.127. The van der Waals surface area contributed by atoms with Gasteiger partial charge in [-0.05, 0) is 25.5 Å². The lowest BCUT2D eigenvalue weighted by Crippen LogP contribution is -2.39. The van der Waals surface area contributed by atoms with Crippen LogP contribution in [0.1, 0.15) is 25.5 Å². The normalized spacial score (nSPS) is 17.2. The highest BCUT2D eigenvalue weighted by molar-refractivity contribution is 5.78. The summed E-state index contributed by atoms with van der Waals surface area (Å²) in [5.41, 5.74) is 0.882. The largest absolute Gasteiger partial charge is 0.506 e. The first-order chi connectivity index (χ1) is 8.65. The molecule has 5 heteroatoms. The van der Waals surface area contributed by atoms with Crippen LogP contribution in [-0.4, -0.2) is 40.0 Å². The molecular weight excluding hydrogens is 230 g/mol. The maximum absolute atomic E-state index is 11.5. The summed E-state index contributed by atoms with van der Waals surface area (Å²) in [6.07, 6.45) is 3.10. The highest BCUT2D eigenvalue weighted by atomic mass is 16.3. The Morgan fingerprint density at radius 2 is 2.39 bits per heavy atom. The molecule has 0 radical (unpaired) electrons. The van der Waals surface area contributed by atoms with Crippen molar-refractivity contribution in [3.8, 4) is 5.75 Å². The number of hydrogen-bond acceptors (Lipinski definition) is 4. The van der Waals surface area contributed by atoms with Crippen molar-refractivity contribution in [2.75, 3.05) is 13.1 Å². The number of aromatic nitrogens is 1. The maximum Gasteiger partial charge on any atom is 0.222 e. The van der Waals surface area contributed by atoms with E-state index in [0.717, 1.165) is 25.2 Å². The van der Waals surface area contributed by atoms with Crippen molar-refractivity contribution in [2.45, 2.75) is 32.4 Å². The van der Waals surface area contributed by atoms with Crippen molar-refractivity contribution in [1.29, 1.82) is 0 Å². The van der Waals surface area contributed by atoms with Crippen molar-refractivity contribution in [2.24, 2.45) is 0 Å². The van der Waals surface area contributed by atoms with Gasteiger partial charge in [0, 0.05) is 32.1 Å². The van der Waals surface area contributed by atoms with Gasteiger partial charge in [0.05, 0.1) is 11.9 Å². The number of likely N-dealkylation sites (tertiary alicyclic amines) is 1. The van der Waals surface area contributed by atoms with Gasteiger partial charge in [-0.15, -0.1) is 0 Å². The lowest BCUT2D eigenvalue weighted by Gasteiger charge is -2.21. The Bertz CT molecular complexity index is 405. The van der Waals surface area contributed by atoms with E-state index in [-0.39, 0.29) is 17.7 Å². The van der Waals surface area contributed by atoms with Crippen LogP contribution in [-0.2, 0) is 11.3 Å². The van der Waals surface area contributed by atoms with E-state index < -0.39 is 0 Å². The zero-order valence-corrected chi connectivity index (χ0v) is 10.6. The van der Waals surface area contributed by atoms with Crippen LogP contribution < -0.4 is 5.32 Å². The van der Waals surface area contributed by atoms with Crippen LogP contribution in [0, 0.1) is 0 Å². The molecule has 18 heavy (non-hydrogen) atoms. The third kappa shape index (κ3) is 3.43. The molecule has 0 aliphatic carbocycles. The average Bonchev–Trinajstić information content (AvgIpc) is 2.74. The molecule has 2 heterocycles. The van der Waals surface area contributed by atoms with Gasteiger partial charge in [-0.2, -0.15) is 0 Å². The number of nitrogens with zero attached hydrogens (tertiary/aromatic N) is 2. The quantitative estimate of drug-likeness (QED) is 0.813. The third-order valence-electron chi connectivity index (χ3n) is 3.11. The highest BCUT2D eigenvalue weighted by Crippen LogP contribution is 2.10. The van der Waals surface area contributed by atoms with Crippen molar-refractivity contribution in [1.82, 2.24) is 15.2 Å². The van der Waals surface area contributed by atoms with E-state index in [1.807, 2.05) is 4.90 Å². The Balaban J connectivity index is 1.76. The number of rotatable bonds is 5. The monoisotopic (exact) mass is 249 g/mol. The minimum Gasteiger partial charge on any atom is -0.506 e. The lowest BCUT2D eigenvalue weighted by atomic mass is 10.3. The first-order valence-electron chi connectivity index (χ1n) is 6.30. The second-order valence-electron chi connectivity index (χ2n) is 4.73. The molecule has 1 fully saturated rings. The number of nitrogens with one attached hydrogen (secondary N) is 1. The van der Waals surface area contributed by atoms with Gasteiger partial charge in [0.1, 0.15) is 5.75 Å². The van der Waals surface area contributed by atoms with Gasteiger partial charge in [-0.25, -0.2) is 0 Å². The van der Waals surface area contributed by atoms with Crippen molar-refractivity contribution < 1.29 is 9.90 Å². The molecule has 1 amide bonds. The summed E-state index contributed by atoms with van der Waals surface area (Å²) in [6.45, 7) is 4.33. The van der Waals surface area contributed by atoms with E-state index in [0.29, 0.717) is 13.0 Å². The molecule has 1 atom stereocenters. The topological polar surface area (TPSA) is 65.5 Å². The number of carbonyl (C=O) groups is 1. The second kappa shape index (κ2) is 5.82. The fourth-order valence-electron chi connectivity index (χ4n) is 2.09. The van der Waals surface area contributed by atoms with E-state index in [1.54, 1.807) is 12.1 Å². The number of aromatic hydroxyl groups is 1. The van der Waals surface area contributed by atoms with Crippen LogP contribution in [0.2, 0.25) is 0 Å². The standard InChI is InChI=1S/C13H19N3O2/c1-10(9-16-6-2-3-13(16)18)14-7-11-4-5-12(17)8-15-11/h4-5,8,10,14,17H,2-3,6-7,9H2,1H3. The molecule has 0 spiro atoms. The van der Waals surface area contributed by atoms with Gasteiger partial charge in [0.25, 0.3) is 0 Å². The second-order valence-corrected chi connectivity index (χ2v) is 4.73. The fraction of sp³-hybridized carbons (Fsp3) is 0.538. The van der Waals surface area contributed by atoms with Crippen molar-refractivity contribution >= 4 is 5.91 Å². The summed E-state index contributed by atoms with van der Waals surface area (Å²) in [5, 5.41) is 12.5. The van der Waals surface area contributed by atoms with Gasteiger partial charge in [0.15, 0.2) is 0 Å². The summed E-state index contributed by atoms with van der Waals surface area (Å²) >= 11 is 0. The summed E-state index contributed by atoms with van der Waals surface area (Å²) < 4.78 is 0. The number of carbonyl (C=O) groups excluding carboxylic acids is 1. The Hall–Kier alpha value is -1.62. The van der Waals surface area contributed by atoms with Crippen LogP contribution in [0.25, 0.3) is 0 Å². The minimum atomic E-state index is 0.175.